The second-order valence-corrected chi connectivity index (χ2v) is 5.71. The van der Waals surface area contributed by atoms with Gasteiger partial charge in [0.15, 0.2) is 0 Å². The molecule has 1 heterocycles. The molecule has 0 bridgehead atoms. The molecule has 0 amide bonds. The van der Waals surface area contributed by atoms with Crippen LogP contribution in [0.15, 0.2) is 18.2 Å². The minimum atomic E-state index is -0.326. The molecule has 1 aromatic rings. The topological polar surface area (TPSA) is 67.2 Å². The van der Waals surface area contributed by atoms with Crippen LogP contribution in [-0.4, -0.2) is 23.6 Å². The third-order valence-electron chi connectivity index (χ3n) is 3.80. The SMILES string of the molecule is Cc1ccc([N+](=O)[O-])c(NC(C)CC2CCCCN2)c1. The fraction of sp³-hybridized carbons (Fsp3) is 0.600. The van der Waals surface area contributed by atoms with Crippen molar-refractivity contribution in [3.8, 4) is 0 Å². The second-order valence-electron chi connectivity index (χ2n) is 5.71. The molecule has 0 aromatic heterocycles. The minimum absolute atomic E-state index is 0.152. The molecular weight excluding hydrogens is 254 g/mol. The van der Waals surface area contributed by atoms with Crippen LogP contribution >= 0.6 is 0 Å². The van der Waals surface area contributed by atoms with E-state index in [1.54, 1.807) is 12.1 Å². The van der Waals surface area contributed by atoms with Gasteiger partial charge in [-0.2, -0.15) is 0 Å². The number of hydrogen-bond acceptors (Lipinski definition) is 4. The van der Waals surface area contributed by atoms with Crippen LogP contribution in [0.2, 0.25) is 0 Å². The molecule has 1 aliphatic heterocycles. The number of nitrogens with zero attached hydrogens (tertiary/aromatic N) is 1. The summed E-state index contributed by atoms with van der Waals surface area (Å²) in [5, 5.41) is 17.9. The zero-order chi connectivity index (χ0) is 14.5. The molecule has 1 fully saturated rings. The van der Waals surface area contributed by atoms with Crippen LogP contribution in [0.25, 0.3) is 0 Å². The number of nitro groups is 1. The van der Waals surface area contributed by atoms with Gasteiger partial charge in [0, 0.05) is 18.2 Å². The van der Waals surface area contributed by atoms with E-state index in [4.69, 9.17) is 0 Å². The molecule has 1 aliphatic rings. The van der Waals surface area contributed by atoms with Gasteiger partial charge in [0.25, 0.3) is 5.69 Å². The zero-order valence-corrected chi connectivity index (χ0v) is 12.2. The summed E-state index contributed by atoms with van der Waals surface area (Å²) in [6.07, 6.45) is 4.71. The number of benzene rings is 1. The predicted molar refractivity (Wildman–Crippen MR) is 81.2 cm³/mol. The summed E-state index contributed by atoms with van der Waals surface area (Å²) in [5.41, 5.74) is 1.80. The third kappa shape index (κ3) is 3.93. The van der Waals surface area contributed by atoms with Crippen molar-refractivity contribution in [1.29, 1.82) is 0 Å². The van der Waals surface area contributed by atoms with E-state index in [0.717, 1.165) is 18.5 Å². The number of anilines is 1. The van der Waals surface area contributed by atoms with Crippen molar-refractivity contribution in [2.24, 2.45) is 0 Å². The van der Waals surface area contributed by atoms with E-state index in [-0.39, 0.29) is 16.7 Å². The summed E-state index contributed by atoms with van der Waals surface area (Å²) in [7, 11) is 0. The molecule has 0 saturated carbocycles. The Morgan fingerprint density at radius 1 is 1.50 bits per heavy atom. The van der Waals surface area contributed by atoms with E-state index >= 15 is 0 Å². The summed E-state index contributed by atoms with van der Waals surface area (Å²) in [5.74, 6) is 0. The highest BCUT2D eigenvalue weighted by Crippen LogP contribution is 2.26. The van der Waals surface area contributed by atoms with Crippen LogP contribution in [0.4, 0.5) is 11.4 Å². The maximum absolute atomic E-state index is 11.1. The summed E-state index contributed by atoms with van der Waals surface area (Å²) >= 11 is 0. The van der Waals surface area contributed by atoms with Crippen molar-refractivity contribution in [3.63, 3.8) is 0 Å². The first-order valence-corrected chi connectivity index (χ1v) is 7.31. The van der Waals surface area contributed by atoms with E-state index in [2.05, 4.69) is 17.6 Å². The molecular formula is C15H23N3O2. The summed E-state index contributed by atoms with van der Waals surface area (Å²) in [6.45, 7) is 5.12. The number of rotatable bonds is 5. The lowest BCUT2D eigenvalue weighted by Crippen LogP contribution is -2.37. The van der Waals surface area contributed by atoms with Gasteiger partial charge in [-0.1, -0.05) is 12.5 Å². The number of nitro benzene ring substituents is 1. The lowest BCUT2D eigenvalue weighted by Gasteiger charge is -2.27. The van der Waals surface area contributed by atoms with Crippen molar-refractivity contribution < 1.29 is 4.92 Å². The van der Waals surface area contributed by atoms with Crippen molar-refractivity contribution >= 4 is 11.4 Å². The highest BCUT2D eigenvalue weighted by Gasteiger charge is 2.19. The monoisotopic (exact) mass is 277 g/mol. The molecule has 2 unspecified atom stereocenters. The summed E-state index contributed by atoms with van der Waals surface area (Å²) in [6, 6.07) is 5.93. The largest absolute Gasteiger partial charge is 0.377 e. The van der Waals surface area contributed by atoms with Crippen molar-refractivity contribution in [2.75, 3.05) is 11.9 Å². The fourth-order valence-corrected chi connectivity index (χ4v) is 2.80. The lowest BCUT2D eigenvalue weighted by molar-refractivity contribution is -0.384. The number of hydrogen-bond donors (Lipinski definition) is 2. The summed E-state index contributed by atoms with van der Waals surface area (Å²) < 4.78 is 0. The van der Waals surface area contributed by atoms with E-state index in [9.17, 15) is 10.1 Å². The normalized spacial score (nSPS) is 20.4. The van der Waals surface area contributed by atoms with Gasteiger partial charge in [-0.3, -0.25) is 10.1 Å². The van der Waals surface area contributed by atoms with Gasteiger partial charge in [0.05, 0.1) is 4.92 Å². The Kier molecular flexibility index (Phi) is 4.95. The molecule has 110 valence electrons. The van der Waals surface area contributed by atoms with Gasteiger partial charge in [-0.15, -0.1) is 0 Å². The lowest BCUT2D eigenvalue weighted by atomic mass is 9.98. The first-order valence-electron chi connectivity index (χ1n) is 7.31. The van der Waals surface area contributed by atoms with Crippen LogP contribution < -0.4 is 10.6 Å². The molecule has 2 rings (SSSR count). The van der Waals surface area contributed by atoms with E-state index in [1.807, 2.05) is 13.0 Å². The van der Waals surface area contributed by atoms with Crippen molar-refractivity contribution in [3.05, 3.63) is 33.9 Å². The quantitative estimate of drug-likeness (QED) is 0.640. The van der Waals surface area contributed by atoms with Gasteiger partial charge >= 0.3 is 0 Å². The average Bonchev–Trinajstić information content (AvgIpc) is 2.39. The summed E-state index contributed by atoms with van der Waals surface area (Å²) in [4.78, 5) is 10.7. The number of aryl methyl sites for hydroxylation is 1. The van der Waals surface area contributed by atoms with Crippen LogP contribution in [0, 0.1) is 17.0 Å². The molecule has 2 atom stereocenters. The maximum Gasteiger partial charge on any atom is 0.292 e. The Morgan fingerprint density at radius 2 is 2.30 bits per heavy atom. The first kappa shape index (κ1) is 14.8. The van der Waals surface area contributed by atoms with E-state index < -0.39 is 0 Å². The van der Waals surface area contributed by atoms with Gasteiger partial charge < -0.3 is 10.6 Å². The molecule has 2 N–H and O–H groups in total. The molecule has 1 aromatic carbocycles. The fourth-order valence-electron chi connectivity index (χ4n) is 2.80. The molecule has 1 saturated heterocycles. The van der Waals surface area contributed by atoms with Crippen molar-refractivity contribution in [2.45, 2.75) is 51.6 Å². The van der Waals surface area contributed by atoms with E-state index in [0.29, 0.717) is 11.7 Å². The molecule has 20 heavy (non-hydrogen) atoms. The highest BCUT2D eigenvalue weighted by molar-refractivity contribution is 5.63. The smallest absolute Gasteiger partial charge is 0.292 e. The van der Waals surface area contributed by atoms with Crippen LogP contribution in [-0.2, 0) is 0 Å². The Bertz CT molecular complexity index is 470. The van der Waals surface area contributed by atoms with Gasteiger partial charge in [0.1, 0.15) is 5.69 Å². The molecule has 0 spiro atoms. The number of nitrogens with one attached hydrogen (secondary N) is 2. The van der Waals surface area contributed by atoms with Gasteiger partial charge in [-0.25, -0.2) is 0 Å². The van der Waals surface area contributed by atoms with Gasteiger partial charge in [0.2, 0.25) is 0 Å². The molecule has 5 nitrogen and oxygen atoms in total. The second kappa shape index (κ2) is 6.70. The standard InChI is InChI=1S/C15H23N3O2/c1-11-6-7-15(18(19)20)14(9-11)17-12(2)10-13-5-3-4-8-16-13/h6-7,9,12-13,16-17H,3-5,8,10H2,1-2H3. The Hall–Kier alpha value is -1.62. The average molecular weight is 277 g/mol. The number of piperidine rings is 1. The first-order chi connectivity index (χ1) is 9.56. The van der Waals surface area contributed by atoms with Crippen LogP contribution in [0.5, 0.6) is 0 Å². The Balaban J connectivity index is 2.00. The predicted octanol–water partition coefficient (Wildman–Crippen LogP) is 3.24. The van der Waals surface area contributed by atoms with Crippen molar-refractivity contribution in [1.82, 2.24) is 5.32 Å². The van der Waals surface area contributed by atoms with Gasteiger partial charge in [-0.05, 0) is 51.3 Å². The van der Waals surface area contributed by atoms with Crippen LogP contribution in [0.3, 0.4) is 0 Å². The molecule has 0 aliphatic carbocycles. The molecule has 5 heteroatoms. The Labute approximate surface area is 119 Å². The Morgan fingerprint density at radius 3 is 2.95 bits per heavy atom. The molecule has 0 radical (unpaired) electrons. The third-order valence-corrected chi connectivity index (χ3v) is 3.80. The maximum atomic E-state index is 11.1. The van der Waals surface area contributed by atoms with E-state index in [1.165, 1.54) is 19.3 Å². The van der Waals surface area contributed by atoms with Crippen LogP contribution in [0.1, 0.15) is 38.2 Å². The minimum Gasteiger partial charge on any atom is -0.377 e. The zero-order valence-electron chi connectivity index (χ0n) is 12.2. The highest BCUT2D eigenvalue weighted by atomic mass is 16.6.